The van der Waals surface area contributed by atoms with Crippen molar-refractivity contribution < 1.29 is 4.74 Å². The summed E-state index contributed by atoms with van der Waals surface area (Å²) < 4.78 is 5.82. The standard InChI is InChI=1S/C23H30N2O/c1-17(2)24-12-6-7-20-16-19(10-11-21(20)24)15-18(3)25-13-14-26-23-9-5-4-8-22(23)25/h4-5,8-11,16-18H,6-7,12-15H2,1-3H3. The van der Waals surface area contributed by atoms with Crippen molar-refractivity contribution in [3.05, 3.63) is 53.6 Å². The molecule has 2 aromatic rings. The summed E-state index contributed by atoms with van der Waals surface area (Å²) in [4.78, 5) is 5.04. The molecule has 0 bridgehead atoms. The van der Waals surface area contributed by atoms with E-state index in [0.717, 1.165) is 25.3 Å². The number of hydrogen-bond donors (Lipinski definition) is 0. The van der Waals surface area contributed by atoms with Crippen LogP contribution in [-0.4, -0.2) is 31.8 Å². The number of aryl methyl sites for hydroxylation is 1. The molecular formula is C23H30N2O. The normalized spacial score (nSPS) is 17.5. The van der Waals surface area contributed by atoms with Gasteiger partial charge >= 0.3 is 0 Å². The van der Waals surface area contributed by atoms with E-state index in [2.05, 4.69) is 73.0 Å². The van der Waals surface area contributed by atoms with Crippen LogP contribution in [0.2, 0.25) is 0 Å². The molecule has 2 aliphatic heterocycles. The molecule has 0 amide bonds. The summed E-state index contributed by atoms with van der Waals surface area (Å²) >= 11 is 0. The van der Waals surface area contributed by atoms with E-state index < -0.39 is 0 Å². The highest BCUT2D eigenvalue weighted by Crippen LogP contribution is 2.34. The van der Waals surface area contributed by atoms with Gasteiger partial charge in [-0.05, 0) is 69.4 Å². The zero-order valence-corrected chi connectivity index (χ0v) is 16.2. The van der Waals surface area contributed by atoms with E-state index in [0.29, 0.717) is 12.1 Å². The molecule has 3 heteroatoms. The van der Waals surface area contributed by atoms with Crippen molar-refractivity contribution in [2.75, 3.05) is 29.5 Å². The van der Waals surface area contributed by atoms with Crippen molar-refractivity contribution in [2.24, 2.45) is 0 Å². The molecule has 26 heavy (non-hydrogen) atoms. The molecule has 4 rings (SSSR count). The second-order valence-corrected chi connectivity index (χ2v) is 7.92. The smallest absolute Gasteiger partial charge is 0.142 e. The highest BCUT2D eigenvalue weighted by molar-refractivity contribution is 5.61. The zero-order valence-electron chi connectivity index (χ0n) is 16.2. The summed E-state index contributed by atoms with van der Waals surface area (Å²) in [5.41, 5.74) is 5.65. The van der Waals surface area contributed by atoms with Gasteiger partial charge in [0, 0.05) is 24.3 Å². The van der Waals surface area contributed by atoms with Crippen molar-refractivity contribution in [1.29, 1.82) is 0 Å². The van der Waals surface area contributed by atoms with Crippen LogP contribution in [0.1, 0.15) is 38.3 Å². The van der Waals surface area contributed by atoms with Gasteiger partial charge in [-0.3, -0.25) is 0 Å². The summed E-state index contributed by atoms with van der Waals surface area (Å²) in [5, 5.41) is 0. The van der Waals surface area contributed by atoms with Crippen molar-refractivity contribution in [1.82, 2.24) is 0 Å². The molecule has 1 atom stereocenters. The van der Waals surface area contributed by atoms with E-state index in [4.69, 9.17) is 4.74 Å². The number of anilines is 2. The van der Waals surface area contributed by atoms with Crippen LogP contribution in [0.15, 0.2) is 42.5 Å². The first kappa shape index (κ1) is 17.3. The van der Waals surface area contributed by atoms with Gasteiger partial charge in [-0.1, -0.05) is 24.3 Å². The molecule has 1 unspecified atom stereocenters. The number of para-hydroxylation sites is 2. The largest absolute Gasteiger partial charge is 0.490 e. The van der Waals surface area contributed by atoms with Gasteiger partial charge in [0.2, 0.25) is 0 Å². The predicted molar refractivity (Wildman–Crippen MR) is 110 cm³/mol. The summed E-state index contributed by atoms with van der Waals surface area (Å²) in [7, 11) is 0. The van der Waals surface area contributed by atoms with Gasteiger partial charge in [-0.15, -0.1) is 0 Å². The van der Waals surface area contributed by atoms with Gasteiger partial charge in [0.25, 0.3) is 0 Å². The Labute approximate surface area is 157 Å². The Morgan fingerprint density at radius 2 is 1.81 bits per heavy atom. The van der Waals surface area contributed by atoms with Crippen LogP contribution in [-0.2, 0) is 12.8 Å². The van der Waals surface area contributed by atoms with Crippen molar-refractivity contribution in [2.45, 2.75) is 52.1 Å². The summed E-state index contributed by atoms with van der Waals surface area (Å²) in [6, 6.07) is 16.6. The minimum atomic E-state index is 0.461. The fourth-order valence-corrected chi connectivity index (χ4v) is 4.44. The Bertz CT molecular complexity index is 771. The number of fused-ring (bicyclic) bond motifs is 2. The molecule has 0 fully saturated rings. The van der Waals surface area contributed by atoms with E-state index >= 15 is 0 Å². The molecule has 0 aliphatic carbocycles. The SMILES string of the molecule is CC(C)N1CCCc2cc(CC(C)N3CCOc4ccccc43)ccc21. The highest BCUT2D eigenvalue weighted by atomic mass is 16.5. The molecule has 0 aromatic heterocycles. The average molecular weight is 351 g/mol. The predicted octanol–water partition coefficient (Wildman–Crippen LogP) is 4.68. The van der Waals surface area contributed by atoms with Crippen LogP contribution in [0, 0.1) is 0 Å². The monoisotopic (exact) mass is 350 g/mol. The molecule has 0 radical (unpaired) electrons. The lowest BCUT2D eigenvalue weighted by molar-refractivity contribution is 0.301. The van der Waals surface area contributed by atoms with Crippen LogP contribution in [0.25, 0.3) is 0 Å². The highest BCUT2D eigenvalue weighted by Gasteiger charge is 2.23. The number of benzene rings is 2. The maximum absolute atomic E-state index is 5.82. The van der Waals surface area contributed by atoms with Crippen LogP contribution < -0.4 is 14.5 Å². The second kappa shape index (κ2) is 7.22. The second-order valence-electron chi connectivity index (χ2n) is 7.92. The first-order chi connectivity index (χ1) is 12.6. The van der Waals surface area contributed by atoms with Gasteiger partial charge in [0.05, 0.1) is 12.2 Å². The quantitative estimate of drug-likeness (QED) is 0.796. The van der Waals surface area contributed by atoms with Gasteiger partial charge in [-0.2, -0.15) is 0 Å². The molecule has 2 heterocycles. The molecule has 0 saturated heterocycles. The van der Waals surface area contributed by atoms with Crippen molar-refractivity contribution >= 4 is 11.4 Å². The van der Waals surface area contributed by atoms with Gasteiger partial charge < -0.3 is 14.5 Å². The summed E-state index contributed by atoms with van der Waals surface area (Å²) in [5.74, 6) is 1.02. The Hall–Kier alpha value is -2.16. The van der Waals surface area contributed by atoms with E-state index in [1.54, 1.807) is 0 Å². The lowest BCUT2D eigenvalue weighted by Gasteiger charge is -2.37. The lowest BCUT2D eigenvalue weighted by Crippen LogP contribution is -2.40. The van der Waals surface area contributed by atoms with Crippen LogP contribution in [0.3, 0.4) is 0 Å². The fourth-order valence-electron chi connectivity index (χ4n) is 4.44. The van der Waals surface area contributed by atoms with E-state index in [9.17, 15) is 0 Å². The molecule has 2 aliphatic rings. The van der Waals surface area contributed by atoms with Crippen LogP contribution >= 0.6 is 0 Å². The Balaban J connectivity index is 1.53. The molecular weight excluding hydrogens is 320 g/mol. The summed E-state index contributed by atoms with van der Waals surface area (Å²) in [6.07, 6.45) is 3.55. The molecule has 3 nitrogen and oxygen atoms in total. The summed E-state index contributed by atoms with van der Waals surface area (Å²) in [6.45, 7) is 9.84. The average Bonchev–Trinajstić information content (AvgIpc) is 2.66. The molecule has 0 spiro atoms. The third-order valence-corrected chi connectivity index (χ3v) is 5.75. The lowest BCUT2D eigenvalue weighted by atomic mass is 9.95. The maximum atomic E-state index is 5.82. The van der Waals surface area contributed by atoms with Gasteiger partial charge in [0.15, 0.2) is 0 Å². The number of rotatable bonds is 4. The van der Waals surface area contributed by atoms with Crippen molar-refractivity contribution in [3.63, 3.8) is 0 Å². The zero-order chi connectivity index (χ0) is 18.1. The topological polar surface area (TPSA) is 15.7 Å². The van der Waals surface area contributed by atoms with E-state index in [1.807, 2.05) is 0 Å². The third-order valence-electron chi connectivity index (χ3n) is 5.75. The van der Waals surface area contributed by atoms with Crippen LogP contribution in [0.4, 0.5) is 11.4 Å². The minimum absolute atomic E-state index is 0.461. The minimum Gasteiger partial charge on any atom is -0.490 e. The van der Waals surface area contributed by atoms with E-state index in [1.165, 1.54) is 41.9 Å². The van der Waals surface area contributed by atoms with Crippen LogP contribution in [0.5, 0.6) is 5.75 Å². The van der Waals surface area contributed by atoms with Crippen molar-refractivity contribution in [3.8, 4) is 5.75 Å². The Kier molecular flexibility index (Phi) is 4.80. The third kappa shape index (κ3) is 3.27. The van der Waals surface area contributed by atoms with E-state index in [-0.39, 0.29) is 0 Å². The molecule has 2 aromatic carbocycles. The molecule has 0 saturated carbocycles. The number of nitrogens with zero attached hydrogens (tertiary/aromatic N) is 2. The fraction of sp³-hybridized carbons (Fsp3) is 0.478. The first-order valence-electron chi connectivity index (χ1n) is 10.0. The number of hydrogen-bond acceptors (Lipinski definition) is 3. The maximum Gasteiger partial charge on any atom is 0.142 e. The van der Waals surface area contributed by atoms with Gasteiger partial charge in [-0.25, -0.2) is 0 Å². The van der Waals surface area contributed by atoms with Gasteiger partial charge in [0.1, 0.15) is 12.4 Å². The number of ether oxygens (including phenoxy) is 1. The molecule has 0 N–H and O–H groups in total. The molecule has 138 valence electrons. The Morgan fingerprint density at radius 1 is 0.962 bits per heavy atom. The Morgan fingerprint density at radius 3 is 2.65 bits per heavy atom. The first-order valence-corrected chi connectivity index (χ1v) is 10.0.